The molecule has 1 N–H and O–H groups in total. The van der Waals surface area contributed by atoms with Gasteiger partial charge in [0.15, 0.2) is 0 Å². The summed E-state index contributed by atoms with van der Waals surface area (Å²) in [5, 5.41) is 11.9. The molecule has 0 atom stereocenters. The molecule has 5 heteroatoms. The highest BCUT2D eigenvalue weighted by molar-refractivity contribution is 6.31. The van der Waals surface area contributed by atoms with Gasteiger partial charge in [-0.3, -0.25) is 10.1 Å². The molecule has 78 valence electrons. The van der Waals surface area contributed by atoms with Crippen LogP contribution >= 0.6 is 11.6 Å². The molecule has 15 heavy (non-hydrogen) atoms. The summed E-state index contributed by atoms with van der Waals surface area (Å²) in [4.78, 5) is 13.0. The second kappa shape index (κ2) is 3.90. The van der Waals surface area contributed by atoms with Crippen LogP contribution in [0.4, 0.5) is 0 Å². The van der Waals surface area contributed by atoms with Gasteiger partial charge in [-0.2, -0.15) is 0 Å². The molecule has 1 aromatic carbocycles. The SMILES string of the molecule is O=[N+]([O-])CCc1cc2cc(Cl)ccc2[nH]1. The molecule has 0 saturated carbocycles. The van der Waals surface area contributed by atoms with E-state index in [-0.39, 0.29) is 11.5 Å². The average Bonchev–Trinajstić information content (AvgIpc) is 2.56. The molecule has 2 aromatic rings. The van der Waals surface area contributed by atoms with Crippen molar-refractivity contribution in [2.45, 2.75) is 6.42 Å². The zero-order valence-corrected chi connectivity index (χ0v) is 8.62. The number of nitrogens with zero attached hydrogens (tertiary/aromatic N) is 1. The van der Waals surface area contributed by atoms with Crippen molar-refractivity contribution in [1.29, 1.82) is 0 Å². The van der Waals surface area contributed by atoms with Gasteiger partial charge in [0.1, 0.15) is 0 Å². The molecule has 0 aliphatic carbocycles. The Morgan fingerprint density at radius 3 is 2.93 bits per heavy atom. The monoisotopic (exact) mass is 224 g/mol. The summed E-state index contributed by atoms with van der Waals surface area (Å²) >= 11 is 5.83. The predicted octanol–water partition coefficient (Wildman–Crippen LogP) is 2.64. The van der Waals surface area contributed by atoms with E-state index in [1.807, 2.05) is 18.2 Å². The number of hydrogen-bond donors (Lipinski definition) is 1. The summed E-state index contributed by atoms with van der Waals surface area (Å²) in [5.41, 5.74) is 1.82. The van der Waals surface area contributed by atoms with Gasteiger partial charge in [0.25, 0.3) is 0 Å². The molecule has 0 aliphatic rings. The van der Waals surface area contributed by atoms with E-state index in [0.717, 1.165) is 16.6 Å². The second-order valence-electron chi connectivity index (χ2n) is 3.33. The molecule has 0 saturated heterocycles. The summed E-state index contributed by atoms with van der Waals surface area (Å²) in [6.45, 7) is -0.0550. The van der Waals surface area contributed by atoms with Gasteiger partial charge in [0.2, 0.25) is 6.54 Å². The lowest BCUT2D eigenvalue weighted by atomic mass is 10.2. The number of aromatic amines is 1. The van der Waals surface area contributed by atoms with E-state index in [1.54, 1.807) is 6.07 Å². The van der Waals surface area contributed by atoms with Crippen LogP contribution in [0.5, 0.6) is 0 Å². The Kier molecular flexibility index (Phi) is 2.60. The van der Waals surface area contributed by atoms with E-state index >= 15 is 0 Å². The van der Waals surface area contributed by atoms with Gasteiger partial charge in [-0.25, -0.2) is 0 Å². The molecule has 0 radical (unpaired) electrons. The third-order valence-corrected chi connectivity index (χ3v) is 2.44. The molecule has 0 fully saturated rings. The van der Waals surface area contributed by atoms with E-state index in [2.05, 4.69) is 4.98 Å². The number of aromatic nitrogens is 1. The minimum absolute atomic E-state index is 0.0550. The molecular formula is C10H9ClN2O2. The number of hydrogen-bond acceptors (Lipinski definition) is 2. The molecule has 4 nitrogen and oxygen atoms in total. The van der Waals surface area contributed by atoms with E-state index in [1.165, 1.54) is 0 Å². The summed E-state index contributed by atoms with van der Waals surface area (Å²) in [6, 6.07) is 7.39. The van der Waals surface area contributed by atoms with Crippen molar-refractivity contribution >= 4 is 22.5 Å². The predicted molar refractivity (Wildman–Crippen MR) is 58.9 cm³/mol. The van der Waals surface area contributed by atoms with Gasteiger partial charge < -0.3 is 4.98 Å². The number of rotatable bonds is 3. The molecule has 0 bridgehead atoms. The van der Waals surface area contributed by atoms with E-state index in [0.29, 0.717) is 11.4 Å². The van der Waals surface area contributed by atoms with Crippen molar-refractivity contribution in [2.75, 3.05) is 6.54 Å². The van der Waals surface area contributed by atoms with E-state index in [9.17, 15) is 10.1 Å². The quantitative estimate of drug-likeness (QED) is 0.644. The van der Waals surface area contributed by atoms with Crippen LogP contribution in [0.15, 0.2) is 24.3 Å². The summed E-state index contributed by atoms with van der Waals surface area (Å²) in [6.07, 6.45) is 0.416. The summed E-state index contributed by atoms with van der Waals surface area (Å²) < 4.78 is 0. The van der Waals surface area contributed by atoms with Gasteiger partial charge in [-0.15, -0.1) is 0 Å². The molecule has 1 heterocycles. The summed E-state index contributed by atoms with van der Waals surface area (Å²) in [5.74, 6) is 0. The van der Waals surface area contributed by atoms with Crippen molar-refractivity contribution in [3.8, 4) is 0 Å². The molecule has 0 aliphatic heterocycles. The molecule has 1 aromatic heterocycles. The van der Waals surface area contributed by atoms with Gasteiger partial charge in [-0.1, -0.05) is 11.6 Å². The Balaban J connectivity index is 2.27. The number of nitro groups is 1. The van der Waals surface area contributed by atoms with Crippen LogP contribution in [-0.2, 0) is 6.42 Å². The fraction of sp³-hybridized carbons (Fsp3) is 0.200. The van der Waals surface area contributed by atoms with Crippen LogP contribution in [0.25, 0.3) is 10.9 Å². The Hall–Kier alpha value is -1.55. The maximum absolute atomic E-state index is 10.2. The van der Waals surface area contributed by atoms with E-state index in [4.69, 9.17) is 11.6 Å². The summed E-state index contributed by atoms with van der Waals surface area (Å²) in [7, 11) is 0. The number of fused-ring (bicyclic) bond motifs is 1. The molecule has 2 rings (SSSR count). The maximum atomic E-state index is 10.2. The fourth-order valence-electron chi connectivity index (χ4n) is 1.51. The highest BCUT2D eigenvalue weighted by Gasteiger charge is 2.04. The Morgan fingerprint density at radius 1 is 1.40 bits per heavy atom. The molecule has 0 spiro atoms. The number of halogens is 1. The Morgan fingerprint density at radius 2 is 2.20 bits per heavy atom. The normalized spacial score (nSPS) is 10.7. The van der Waals surface area contributed by atoms with Crippen LogP contribution in [0.2, 0.25) is 5.02 Å². The van der Waals surface area contributed by atoms with Crippen LogP contribution < -0.4 is 0 Å². The third kappa shape index (κ3) is 2.27. The lowest BCUT2D eigenvalue weighted by Crippen LogP contribution is -2.03. The van der Waals surface area contributed by atoms with E-state index < -0.39 is 0 Å². The molecular weight excluding hydrogens is 216 g/mol. The highest BCUT2D eigenvalue weighted by atomic mass is 35.5. The number of nitrogens with one attached hydrogen (secondary N) is 1. The van der Waals surface area contributed by atoms with Crippen LogP contribution in [-0.4, -0.2) is 16.5 Å². The first-order valence-electron chi connectivity index (χ1n) is 4.54. The fourth-order valence-corrected chi connectivity index (χ4v) is 1.69. The second-order valence-corrected chi connectivity index (χ2v) is 3.77. The maximum Gasteiger partial charge on any atom is 0.209 e. The zero-order chi connectivity index (χ0) is 10.8. The highest BCUT2D eigenvalue weighted by Crippen LogP contribution is 2.20. The standard InChI is InChI=1S/C10H9ClN2O2/c11-8-1-2-10-7(5-8)6-9(12-10)3-4-13(14)15/h1-2,5-6,12H,3-4H2. The van der Waals surface area contributed by atoms with Crippen LogP contribution in [0.3, 0.4) is 0 Å². The lowest BCUT2D eigenvalue weighted by Gasteiger charge is -1.90. The van der Waals surface area contributed by atoms with Crippen molar-refractivity contribution in [3.63, 3.8) is 0 Å². The van der Waals surface area contributed by atoms with Gasteiger partial charge in [-0.05, 0) is 24.3 Å². The lowest BCUT2D eigenvalue weighted by molar-refractivity contribution is -0.479. The first-order valence-corrected chi connectivity index (χ1v) is 4.92. The van der Waals surface area contributed by atoms with Gasteiger partial charge >= 0.3 is 0 Å². The Bertz CT molecular complexity index is 507. The average molecular weight is 225 g/mol. The van der Waals surface area contributed by atoms with Gasteiger partial charge in [0, 0.05) is 26.5 Å². The minimum Gasteiger partial charge on any atom is -0.358 e. The van der Waals surface area contributed by atoms with Crippen LogP contribution in [0, 0.1) is 10.1 Å². The van der Waals surface area contributed by atoms with Crippen molar-refractivity contribution in [2.24, 2.45) is 0 Å². The van der Waals surface area contributed by atoms with Crippen LogP contribution in [0.1, 0.15) is 5.69 Å². The Labute approximate surface area is 91.0 Å². The van der Waals surface area contributed by atoms with Crippen molar-refractivity contribution in [1.82, 2.24) is 4.98 Å². The number of H-pyrrole nitrogens is 1. The largest absolute Gasteiger partial charge is 0.358 e. The zero-order valence-electron chi connectivity index (χ0n) is 7.87. The smallest absolute Gasteiger partial charge is 0.209 e. The third-order valence-electron chi connectivity index (χ3n) is 2.20. The first-order chi connectivity index (χ1) is 7.15. The molecule has 0 amide bonds. The molecule has 0 unspecified atom stereocenters. The minimum atomic E-state index is -0.321. The van der Waals surface area contributed by atoms with Gasteiger partial charge in [0.05, 0.1) is 6.42 Å². The number of benzene rings is 1. The van der Waals surface area contributed by atoms with Crippen molar-refractivity contribution in [3.05, 3.63) is 45.1 Å². The first kappa shape index (κ1) is 9.98. The topological polar surface area (TPSA) is 58.9 Å². The van der Waals surface area contributed by atoms with Crippen molar-refractivity contribution < 1.29 is 4.92 Å².